The Kier molecular flexibility index (Phi) is 3.49. The van der Waals surface area contributed by atoms with Crippen LogP contribution in [0.1, 0.15) is 19.4 Å². The van der Waals surface area contributed by atoms with Crippen molar-refractivity contribution in [3.05, 3.63) is 59.1 Å². The van der Waals surface area contributed by atoms with Gasteiger partial charge in [-0.2, -0.15) is 0 Å². The van der Waals surface area contributed by atoms with Crippen molar-refractivity contribution in [1.82, 2.24) is 5.32 Å². The van der Waals surface area contributed by atoms with Gasteiger partial charge in [0.25, 0.3) is 0 Å². The van der Waals surface area contributed by atoms with Gasteiger partial charge < -0.3 is 15.2 Å². The lowest BCUT2D eigenvalue weighted by Crippen LogP contribution is -2.25. The van der Waals surface area contributed by atoms with Crippen molar-refractivity contribution in [2.24, 2.45) is 0 Å². The zero-order valence-corrected chi connectivity index (χ0v) is 10.1. The molecule has 1 aromatic carbocycles. The molecule has 0 spiro atoms. The van der Waals surface area contributed by atoms with Crippen LogP contribution in [-0.2, 0) is 11.3 Å². The molecule has 0 saturated heterocycles. The third kappa shape index (κ3) is 2.68. The highest BCUT2D eigenvalue weighted by Crippen LogP contribution is 2.21. The van der Waals surface area contributed by atoms with Gasteiger partial charge in [0.15, 0.2) is 0 Å². The first-order valence-electron chi connectivity index (χ1n) is 5.67. The molecule has 3 heteroatoms. The van der Waals surface area contributed by atoms with Crippen LogP contribution in [0.3, 0.4) is 0 Å². The quantitative estimate of drug-likeness (QED) is 0.838. The molecule has 1 unspecified atom stereocenters. The molecule has 0 saturated carbocycles. The predicted octanol–water partition coefficient (Wildman–Crippen LogP) is 2.30. The van der Waals surface area contributed by atoms with Crippen LogP contribution < -0.4 is 5.32 Å². The Bertz CT molecular complexity index is 449. The van der Waals surface area contributed by atoms with Crippen LogP contribution in [0, 0.1) is 0 Å². The summed E-state index contributed by atoms with van der Waals surface area (Å²) in [5, 5.41) is 13.1. The summed E-state index contributed by atoms with van der Waals surface area (Å²) in [5.41, 5.74) is 2.81. The Hall–Kier alpha value is -1.74. The lowest BCUT2D eigenvalue weighted by atomic mass is 10.1. The molecular weight excluding hydrogens is 214 g/mol. The van der Waals surface area contributed by atoms with Gasteiger partial charge in [-0.25, -0.2) is 0 Å². The molecule has 0 bridgehead atoms. The fourth-order valence-corrected chi connectivity index (χ4v) is 1.71. The van der Waals surface area contributed by atoms with Crippen molar-refractivity contribution in [1.29, 1.82) is 0 Å². The Labute approximate surface area is 101 Å². The highest BCUT2D eigenvalue weighted by molar-refractivity contribution is 5.27. The Morgan fingerprint density at radius 1 is 1.24 bits per heavy atom. The molecule has 1 aromatic rings. The van der Waals surface area contributed by atoms with E-state index in [4.69, 9.17) is 4.74 Å². The number of hydrogen-bond donors (Lipinski definition) is 2. The lowest BCUT2D eigenvalue weighted by Gasteiger charge is -2.24. The Morgan fingerprint density at radius 2 is 1.94 bits per heavy atom. The number of aliphatic hydroxyl groups excluding tert-OH is 1. The summed E-state index contributed by atoms with van der Waals surface area (Å²) in [4.78, 5) is 0. The van der Waals surface area contributed by atoms with Crippen molar-refractivity contribution in [2.75, 3.05) is 0 Å². The molecule has 17 heavy (non-hydrogen) atoms. The third-order valence-electron chi connectivity index (χ3n) is 2.80. The normalized spacial score (nSPS) is 19.7. The number of ether oxygens (including phenoxy) is 1. The molecule has 1 heterocycles. The van der Waals surface area contributed by atoms with Crippen LogP contribution in [0.5, 0.6) is 0 Å². The van der Waals surface area contributed by atoms with Gasteiger partial charge in [0.05, 0.1) is 5.70 Å². The van der Waals surface area contributed by atoms with E-state index in [-0.39, 0.29) is 0 Å². The number of hydrogen-bond acceptors (Lipinski definition) is 3. The van der Waals surface area contributed by atoms with Gasteiger partial charge in [0.2, 0.25) is 0 Å². The van der Waals surface area contributed by atoms with E-state index in [1.54, 1.807) is 6.20 Å². The van der Waals surface area contributed by atoms with E-state index in [2.05, 4.69) is 5.32 Å². The highest BCUT2D eigenvalue weighted by atomic mass is 16.5. The lowest BCUT2D eigenvalue weighted by molar-refractivity contribution is 0.106. The highest BCUT2D eigenvalue weighted by Gasteiger charge is 2.21. The van der Waals surface area contributed by atoms with E-state index in [9.17, 15) is 5.11 Å². The topological polar surface area (TPSA) is 41.5 Å². The van der Waals surface area contributed by atoms with E-state index in [1.807, 2.05) is 44.2 Å². The minimum Gasteiger partial charge on any atom is -0.488 e. The summed E-state index contributed by atoms with van der Waals surface area (Å²) in [7, 11) is 0. The number of nitrogens with one attached hydrogen (secondary N) is 1. The summed E-state index contributed by atoms with van der Waals surface area (Å²) in [6.45, 7) is 4.24. The second-order valence-corrected chi connectivity index (χ2v) is 4.20. The molecule has 3 nitrogen and oxygen atoms in total. The van der Waals surface area contributed by atoms with Crippen LogP contribution in [0.2, 0.25) is 0 Å². The third-order valence-corrected chi connectivity index (χ3v) is 2.80. The monoisotopic (exact) mass is 231 g/mol. The van der Waals surface area contributed by atoms with Gasteiger partial charge in [-0.3, -0.25) is 0 Å². The zero-order chi connectivity index (χ0) is 12.3. The van der Waals surface area contributed by atoms with Crippen LogP contribution in [0.25, 0.3) is 0 Å². The maximum Gasteiger partial charge on any atom is 0.148 e. The van der Waals surface area contributed by atoms with E-state index < -0.39 is 6.10 Å². The molecule has 1 atom stereocenters. The van der Waals surface area contributed by atoms with Crippen LogP contribution in [-0.4, -0.2) is 11.2 Å². The van der Waals surface area contributed by atoms with Gasteiger partial charge in [-0.05, 0) is 25.0 Å². The van der Waals surface area contributed by atoms with Gasteiger partial charge in [0, 0.05) is 6.20 Å². The Morgan fingerprint density at radius 3 is 2.65 bits per heavy atom. The van der Waals surface area contributed by atoms with Gasteiger partial charge in [-0.15, -0.1) is 0 Å². The molecule has 90 valence electrons. The van der Waals surface area contributed by atoms with Crippen LogP contribution in [0.4, 0.5) is 0 Å². The summed E-state index contributed by atoms with van der Waals surface area (Å²) >= 11 is 0. The number of rotatable bonds is 3. The van der Waals surface area contributed by atoms with E-state index in [0.29, 0.717) is 12.4 Å². The zero-order valence-electron chi connectivity index (χ0n) is 10.1. The number of aliphatic hydroxyl groups is 1. The van der Waals surface area contributed by atoms with Crippen molar-refractivity contribution in [2.45, 2.75) is 26.6 Å². The largest absolute Gasteiger partial charge is 0.488 e. The summed E-state index contributed by atoms with van der Waals surface area (Å²) in [5.74, 6) is 0.605. The molecule has 0 aliphatic carbocycles. The predicted molar refractivity (Wildman–Crippen MR) is 66.8 cm³/mol. The maximum atomic E-state index is 9.99. The van der Waals surface area contributed by atoms with Gasteiger partial charge in [-0.1, -0.05) is 30.3 Å². The van der Waals surface area contributed by atoms with Gasteiger partial charge >= 0.3 is 0 Å². The van der Waals surface area contributed by atoms with Crippen LogP contribution in [0.15, 0.2) is 53.6 Å². The Balaban J connectivity index is 2.04. The molecular formula is C14H17NO2. The fourth-order valence-electron chi connectivity index (χ4n) is 1.71. The van der Waals surface area contributed by atoms with E-state index in [0.717, 1.165) is 16.8 Å². The molecule has 0 fully saturated rings. The van der Waals surface area contributed by atoms with Crippen molar-refractivity contribution < 1.29 is 9.84 Å². The second kappa shape index (κ2) is 5.06. The summed E-state index contributed by atoms with van der Waals surface area (Å²) in [6, 6.07) is 9.92. The first-order valence-corrected chi connectivity index (χ1v) is 5.67. The number of dihydropyridines is 1. The van der Waals surface area contributed by atoms with E-state index in [1.165, 1.54) is 0 Å². The standard InChI is InChI=1S/C14H17NO2/c1-10-8-15-11(2)14(13(10)16)17-9-12-6-4-3-5-7-12/h3-8,13,15-16H,9H2,1-2H3. The molecule has 0 amide bonds. The first-order chi connectivity index (χ1) is 8.18. The molecule has 1 aliphatic rings. The molecule has 2 N–H and O–H groups in total. The second-order valence-electron chi connectivity index (χ2n) is 4.20. The van der Waals surface area contributed by atoms with E-state index >= 15 is 0 Å². The summed E-state index contributed by atoms with van der Waals surface area (Å²) in [6.07, 6.45) is 1.16. The minimum absolute atomic E-state index is 0.472. The molecule has 0 aromatic heterocycles. The fraction of sp³-hybridized carbons (Fsp3) is 0.286. The molecule has 0 radical (unpaired) electrons. The average molecular weight is 231 g/mol. The summed E-state index contributed by atoms with van der Waals surface area (Å²) < 4.78 is 5.69. The molecule has 2 rings (SSSR count). The SMILES string of the molecule is CC1=CNC(C)=C(OCc2ccccc2)C1O. The smallest absolute Gasteiger partial charge is 0.148 e. The van der Waals surface area contributed by atoms with Gasteiger partial charge in [0.1, 0.15) is 18.5 Å². The number of allylic oxidation sites excluding steroid dienone is 1. The van der Waals surface area contributed by atoms with Crippen LogP contribution >= 0.6 is 0 Å². The maximum absolute atomic E-state index is 9.99. The minimum atomic E-state index is -0.639. The van der Waals surface area contributed by atoms with Crippen molar-refractivity contribution >= 4 is 0 Å². The number of benzene rings is 1. The van der Waals surface area contributed by atoms with Crippen molar-refractivity contribution in [3.63, 3.8) is 0 Å². The molecule has 1 aliphatic heterocycles. The van der Waals surface area contributed by atoms with Crippen molar-refractivity contribution in [3.8, 4) is 0 Å². The average Bonchev–Trinajstić information content (AvgIpc) is 2.35. The first kappa shape index (κ1) is 11.7.